The maximum Gasteiger partial charge on any atom is 0.248 e. The van der Waals surface area contributed by atoms with Crippen LogP contribution in [0.1, 0.15) is 25.3 Å². The van der Waals surface area contributed by atoms with Crippen molar-refractivity contribution < 1.29 is 4.74 Å². The lowest BCUT2D eigenvalue weighted by molar-refractivity contribution is 0.464. The number of nitrogens with one attached hydrogen (secondary N) is 1. The van der Waals surface area contributed by atoms with Crippen molar-refractivity contribution >= 4 is 40.4 Å². The molecule has 1 aromatic heterocycles. The summed E-state index contributed by atoms with van der Waals surface area (Å²) in [5, 5.41) is 4.11. The summed E-state index contributed by atoms with van der Waals surface area (Å²) in [7, 11) is 0. The third-order valence-corrected chi connectivity index (χ3v) is 4.35. The molecule has 134 valence electrons. The largest absolute Gasteiger partial charge is 0.437 e. The molecular formula is C19H18Cl2N4O. The summed E-state index contributed by atoms with van der Waals surface area (Å²) in [5.74, 6) is 1.74. The number of hydrogen-bond acceptors (Lipinski definition) is 5. The Morgan fingerprint density at radius 1 is 1.04 bits per heavy atom. The smallest absolute Gasteiger partial charge is 0.248 e. The molecule has 0 saturated carbocycles. The summed E-state index contributed by atoms with van der Waals surface area (Å²) in [6.07, 6.45) is 1.37. The molecule has 2 aromatic carbocycles. The number of benzene rings is 2. The molecule has 1 heterocycles. The third-order valence-electron chi connectivity index (χ3n) is 3.79. The van der Waals surface area contributed by atoms with E-state index in [4.69, 9.17) is 33.7 Å². The first-order valence-electron chi connectivity index (χ1n) is 8.04. The Morgan fingerprint density at radius 2 is 1.77 bits per heavy atom. The second-order valence-electron chi connectivity index (χ2n) is 6.02. The Bertz CT molecular complexity index is 914. The molecule has 26 heavy (non-hydrogen) atoms. The van der Waals surface area contributed by atoms with Gasteiger partial charge < -0.3 is 15.8 Å². The molecule has 0 spiro atoms. The SMILES string of the molecule is CC(C)c1ccc(Oc2ncnc(Nc3cc(Cl)ccc3Cl)c2N)cc1. The van der Waals surface area contributed by atoms with Crippen molar-refractivity contribution in [1.82, 2.24) is 9.97 Å². The fraction of sp³-hybridized carbons (Fsp3) is 0.158. The normalized spacial score (nSPS) is 10.8. The number of nitrogens with two attached hydrogens (primary N) is 1. The molecule has 7 heteroatoms. The number of rotatable bonds is 5. The second-order valence-corrected chi connectivity index (χ2v) is 6.86. The van der Waals surface area contributed by atoms with Crippen molar-refractivity contribution in [2.75, 3.05) is 11.1 Å². The highest BCUT2D eigenvalue weighted by atomic mass is 35.5. The highest BCUT2D eigenvalue weighted by Crippen LogP contribution is 2.34. The monoisotopic (exact) mass is 388 g/mol. The molecule has 0 bridgehead atoms. The van der Waals surface area contributed by atoms with Crippen molar-refractivity contribution in [2.45, 2.75) is 19.8 Å². The van der Waals surface area contributed by atoms with Crippen LogP contribution in [0.3, 0.4) is 0 Å². The van der Waals surface area contributed by atoms with Gasteiger partial charge in [0.1, 0.15) is 17.8 Å². The van der Waals surface area contributed by atoms with E-state index in [9.17, 15) is 0 Å². The van der Waals surface area contributed by atoms with E-state index in [2.05, 4.69) is 29.1 Å². The lowest BCUT2D eigenvalue weighted by atomic mass is 10.0. The fourth-order valence-corrected chi connectivity index (χ4v) is 2.65. The van der Waals surface area contributed by atoms with Gasteiger partial charge in [0.05, 0.1) is 10.7 Å². The maximum absolute atomic E-state index is 6.17. The quantitative estimate of drug-likeness (QED) is 0.558. The Morgan fingerprint density at radius 3 is 2.46 bits per heavy atom. The third kappa shape index (κ3) is 4.18. The molecule has 0 amide bonds. The lowest BCUT2D eigenvalue weighted by Crippen LogP contribution is -2.03. The topological polar surface area (TPSA) is 73.1 Å². The predicted octanol–water partition coefficient (Wildman–Crippen LogP) is 6.02. The maximum atomic E-state index is 6.17. The van der Waals surface area contributed by atoms with Crippen molar-refractivity contribution in [3.63, 3.8) is 0 Å². The Balaban J connectivity index is 1.84. The number of aromatic nitrogens is 2. The first-order valence-corrected chi connectivity index (χ1v) is 8.80. The van der Waals surface area contributed by atoms with E-state index in [1.807, 2.05) is 24.3 Å². The van der Waals surface area contributed by atoms with Crippen molar-refractivity contribution in [3.8, 4) is 11.6 Å². The minimum absolute atomic E-state index is 0.262. The highest BCUT2D eigenvalue weighted by molar-refractivity contribution is 6.35. The van der Waals surface area contributed by atoms with Crippen molar-refractivity contribution in [1.29, 1.82) is 0 Å². The van der Waals surface area contributed by atoms with Crippen LogP contribution in [0.2, 0.25) is 10.0 Å². The van der Waals surface area contributed by atoms with Crippen molar-refractivity contribution in [2.24, 2.45) is 0 Å². The minimum atomic E-state index is 0.262. The number of nitrogens with zero attached hydrogens (tertiary/aromatic N) is 2. The standard InChI is InChI=1S/C19H18Cl2N4O/c1-11(2)12-3-6-14(7-4-12)26-19-17(22)18(23-10-24-19)25-16-9-13(20)5-8-15(16)21/h3-11H,22H2,1-2H3,(H,23,24,25). The van der Waals surface area contributed by atoms with Crippen molar-refractivity contribution in [3.05, 3.63) is 64.4 Å². The van der Waals surface area contributed by atoms with E-state index in [0.717, 1.165) is 0 Å². The van der Waals surface area contributed by atoms with E-state index in [0.29, 0.717) is 33.2 Å². The van der Waals surface area contributed by atoms with Crippen LogP contribution in [-0.4, -0.2) is 9.97 Å². The molecule has 0 unspecified atom stereocenters. The summed E-state index contributed by atoms with van der Waals surface area (Å²) in [6, 6.07) is 12.9. The number of hydrogen-bond donors (Lipinski definition) is 2. The second kappa shape index (κ2) is 7.81. The molecule has 0 atom stereocenters. The van der Waals surface area contributed by atoms with Gasteiger partial charge in [-0.15, -0.1) is 0 Å². The molecule has 0 fully saturated rings. The van der Waals surface area contributed by atoms with Crippen LogP contribution >= 0.6 is 23.2 Å². The zero-order chi connectivity index (χ0) is 18.7. The van der Waals surface area contributed by atoms with Gasteiger partial charge in [-0.1, -0.05) is 49.2 Å². The average Bonchev–Trinajstić information content (AvgIpc) is 2.62. The molecule has 3 N–H and O–H groups in total. The number of nitrogen functional groups attached to an aromatic ring is 1. The van der Waals surface area contributed by atoms with Gasteiger partial charge in [0.2, 0.25) is 5.88 Å². The predicted molar refractivity (Wildman–Crippen MR) is 107 cm³/mol. The van der Waals surface area contributed by atoms with Gasteiger partial charge in [0.25, 0.3) is 0 Å². The molecule has 3 aromatic rings. The number of anilines is 3. The van der Waals surface area contributed by atoms with Crippen LogP contribution in [0.15, 0.2) is 48.8 Å². The first kappa shape index (κ1) is 18.3. The molecule has 0 aliphatic carbocycles. The van der Waals surface area contributed by atoms with Gasteiger partial charge in [0, 0.05) is 5.02 Å². The van der Waals surface area contributed by atoms with E-state index < -0.39 is 0 Å². The summed E-state index contributed by atoms with van der Waals surface area (Å²) in [4.78, 5) is 8.27. The fourth-order valence-electron chi connectivity index (χ4n) is 2.31. The summed E-state index contributed by atoms with van der Waals surface area (Å²) >= 11 is 12.2. The van der Waals surface area contributed by atoms with E-state index >= 15 is 0 Å². The van der Waals surface area contributed by atoms with Gasteiger partial charge >= 0.3 is 0 Å². The van der Waals surface area contributed by atoms with Crippen LogP contribution < -0.4 is 15.8 Å². The average molecular weight is 389 g/mol. The molecule has 0 saturated heterocycles. The highest BCUT2D eigenvalue weighted by Gasteiger charge is 2.12. The van der Waals surface area contributed by atoms with E-state index in [-0.39, 0.29) is 11.6 Å². The van der Waals surface area contributed by atoms with Gasteiger partial charge in [-0.3, -0.25) is 0 Å². The molecule has 5 nitrogen and oxygen atoms in total. The molecule has 0 aliphatic rings. The Hall–Kier alpha value is -2.50. The summed E-state index contributed by atoms with van der Waals surface area (Å²) in [6.45, 7) is 4.27. The minimum Gasteiger partial charge on any atom is -0.437 e. The van der Waals surface area contributed by atoms with Gasteiger partial charge in [-0.05, 0) is 41.8 Å². The summed E-state index contributed by atoms with van der Waals surface area (Å²) in [5.41, 5.74) is 8.25. The Labute approximate surface area is 162 Å². The van der Waals surface area contributed by atoms with Crippen LogP contribution in [0, 0.1) is 0 Å². The summed E-state index contributed by atoms with van der Waals surface area (Å²) < 4.78 is 5.80. The van der Waals surface area contributed by atoms with Gasteiger partial charge in [0.15, 0.2) is 5.82 Å². The van der Waals surface area contributed by atoms with E-state index in [1.165, 1.54) is 11.9 Å². The van der Waals surface area contributed by atoms with Crippen LogP contribution in [0.5, 0.6) is 11.6 Å². The lowest BCUT2D eigenvalue weighted by Gasteiger charge is -2.13. The molecule has 0 radical (unpaired) electrons. The van der Waals surface area contributed by atoms with Gasteiger partial charge in [-0.25, -0.2) is 4.98 Å². The van der Waals surface area contributed by atoms with Crippen LogP contribution in [0.4, 0.5) is 17.2 Å². The molecule has 3 rings (SSSR count). The number of ether oxygens (including phenoxy) is 1. The first-order chi connectivity index (χ1) is 12.4. The van der Waals surface area contributed by atoms with Crippen LogP contribution in [0.25, 0.3) is 0 Å². The molecular weight excluding hydrogens is 371 g/mol. The molecule has 0 aliphatic heterocycles. The van der Waals surface area contributed by atoms with Crippen LogP contribution in [-0.2, 0) is 0 Å². The number of halogens is 2. The van der Waals surface area contributed by atoms with Gasteiger partial charge in [-0.2, -0.15) is 4.98 Å². The zero-order valence-electron chi connectivity index (χ0n) is 14.3. The zero-order valence-corrected chi connectivity index (χ0v) is 15.8. The van der Waals surface area contributed by atoms with E-state index in [1.54, 1.807) is 18.2 Å². The Kier molecular flexibility index (Phi) is 5.49.